The maximum absolute atomic E-state index is 11.7. The number of hydrogen-bond donors (Lipinski definition) is 0. The summed E-state index contributed by atoms with van der Waals surface area (Å²) in [5, 5.41) is 0.912. The standard InChI is InChI=1S/C16H15NO4/c1-9-10(2)16(18)21-14-6-12(4-5-13(9)14)19-7-15-11(3)17-8-20-15/h4-6,8H,7H2,1-3H3. The van der Waals surface area contributed by atoms with Gasteiger partial charge in [-0.1, -0.05) is 0 Å². The van der Waals surface area contributed by atoms with Crippen LogP contribution in [0.5, 0.6) is 5.75 Å². The summed E-state index contributed by atoms with van der Waals surface area (Å²) in [6.45, 7) is 5.81. The maximum Gasteiger partial charge on any atom is 0.339 e. The first-order valence-electron chi connectivity index (χ1n) is 6.62. The lowest BCUT2D eigenvalue weighted by molar-refractivity contribution is 0.269. The Morgan fingerprint density at radius 2 is 2.00 bits per heavy atom. The van der Waals surface area contributed by atoms with E-state index in [1.807, 2.05) is 26.0 Å². The van der Waals surface area contributed by atoms with Crippen molar-refractivity contribution in [2.75, 3.05) is 0 Å². The first kappa shape index (κ1) is 13.4. The number of ether oxygens (including phenoxy) is 1. The molecule has 3 rings (SSSR count). The fourth-order valence-electron chi connectivity index (χ4n) is 2.13. The normalized spacial score (nSPS) is 11.0. The lowest BCUT2D eigenvalue weighted by Crippen LogP contribution is -2.05. The van der Waals surface area contributed by atoms with E-state index in [9.17, 15) is 4.79 Å². The average molecular weight is 285 g/mol. The van der Waals surface area contributed by atoms with Crippen LogP contribution >= 0.6 is 0 Å². The number of rotatable bonds is 3. The van der Waals surface area contributed by atoms with Crippen molar-refractivity contribution in [3.63, 3.8) is 0 Å². The molecule has 0 spiro atoms. The van der Waals surface area contributed by atoms with Gasteiger partial charge in [-0.2, -0.15) is 0 Å². The molecule has 0 atom stereocenters. The smallest absolute Gasteiger partial charge is 0.339 e. The minimum Gasteiger partial charge on any atom is -0.485 e. The zero-order valence-corrected chi connectivity index (χ0v) is 12.1. The SMILES string of the molecule is Cc1ncoc1COc1ccc2c(C)c(C)c(=O)oc2c1. The molecule has 108 valence electrons. The van der Waals surface area contributed by atoms with Gasteiger partial charge in [-0.3, -0.25) is 0 Å². The predicted molar refractivity (Wildman–Crippen MR) is 77.5 cm³/mol. The predicted octanol–water partition coefficient (Wildman–Crippen LogP) is 3.29. The zero-order valence-electron chi connectivity index (χ0n) is 12.1. The molecule has 3 aromatic rings. The second-order valence-electron chi connectivity index (χ2n) is 4.95. The van der Waals surface area contributed by atoms with Gasteiger partial charge in [0.15, 0.2) is 12.2 Å². The topological polar surface area (TPSA) is 65.5 Å². The van der Waals surface area contributed by atoms with Crippen molar-refractivity contribution in [3.8, 4) is 5.75 Å². The number of oxazole rings is 1. The Hall–Kier alpha value is -2.56. The van der Waals surface area contributed by atoms with Crippen molar-refractivity contribution in [1.82, 2.24) is 4.98 Å². The molecule has 0 aliphatic heterocycles. The van der Waals surface area contributed by atoms with Gasteiger partial charge in [0.25, 0.3) is 0 Å². The highest BCUT2D eigenvalue weighted by Gasteiger charge is 2.09. The van der Waals surface area contributed by atoms with Crippen LogP contribution in [-0.4, -0.2) is 4.98 Å². The molecule has 5 nitrogen and oxygen atoms in total. The second-order valence-corrected chi connectivity index (χ2v) is 4.95. The van der Waals surface area contributed by atoms with Crippen LogP contribution in [0.4, 0.5) is 0 Å². The molecule has 0 N–H and O–H groups in total. The number of hydrogen-bond acceptors (Lipinski definition) is 5. The van der Waals surface area contributed by atoms with Crippen molar-refractivity contribution in [3.05, 3.63) is 57.6 Å². The monoisotopic (exact) mass is 285 g/mol. The third-order valence-corrected chi connectivity index (χ3v) is 3.64. The minimum atomic E-state index is -0.316. The molecule has 1 aromatic carbocycles. The number of aryl methyl sites for hydroxylation is 2. The Morgan fingerprint density at radius 1 is 1.19 bits per heavy atom. The molecule has 2 heterocycles. The van der Waals surface area contributed by atoms with Crippen LogP contribution in [0.3, 0.4) is 0 Å². The van der Waals surface area contributed by atoms with Gasteiger partial charge in [-0.25, -0.2) is 9.78 Å². The van der Waals surface area contributed by atoms with Gasteiger partial charge in [-0.05, 0) is 38.5 Å². The van der Waals surface area contributed by atoms with Crippen molar-refractivity contribution < 1.29 is 13.6 Å². The van der Waals surface area contributed by atoms with Gasteiger partial charge < -0.3 is 13.6 Å². The molecule has 21 heavy (non-hydrogen) atoms. The highest BCUT2D eigenvalue weighted by Crippen LogP contribution is 2.24. The molecule has 0 bridgehead atoms. The Kier molecular flexibility index (Phi) is 3.25. The zero-order chi connectivity index (χ0) is 15.0. The Labute approximate surface area is 121 Å². The summed E-state index contributed by atoms with van der Waals surface area (Å²) in [5.41, 5.74) is 2.57. The van der Waals surface area contributed by atoms with E-state index in [0.717, 1.165) is 16.6 Å². The molecular formula is C16H15NO4. The summed E-state index contributed by atoms with van der Waals surface area (Å²) in [5.74, 6) is 1.29. The van der Waals surface area contributed by atoms with E-state index in [1.165, 1.54) is 6.39 Å². The Bertz CT molecular complexity index is 860. The van der Waals surface area contributed by atoms with Crippen molar-refractivity contribution in [2.45, 2.75) is 27.4 Å². The first-order chi connectivity index (χ1) is 10.1. The summed E-state index contributed by atoms with van der Waals surface area (Å²) >= 11 is 0. The Morgan fingerprint density at radius 3 is 2.71 bits per heavy atom. The fourth-order valence-corrected chi connectivity index (χ4v) is 2.13. The molecule has 0 radical (unpaired) electrons. The largest absolute Gasteiger partial charge is 0.485 e. The van der Waals surface area contributed by atoms with Crippen LogP contribution in [0.2, 0.25) is 0 Å². The van der Waals surface area contributed by atoms with Crippen LogP contribution in [0.15, 0.2) is 38.2 Å². The summed E-state index contributed by atoms with van der Waals surface area (Å²) < 4.78 is 16.2. The van der Waals surface area contributed by atoms with Crippen molar-refractivity contribution in [2.24, 2.45) is 0 Å². The summed E-state index contributed by atoms with van der Waals surface area (Å²) in [4.78, 5) is 15.7. The van der Waals surface area contributed by atoms with E-state index in [0.29, 0.717) is 22.7 Å². The molecule has 0 unspecified atom stereocenters. The van der Waals surface area contributed by atoms with E-state index in [2.05, 4.69) is 4.98 Å². The van der Waals surface area contributed by atoms with Crippen LogP contribution < -0.4 is 10.4 Å². The molecule has 2 aromatic heterocycles. The molecule has 5 heteroatoms. The maximum atomic E-state index is 11.7. The van der Waals surface area contributed by atoms with Crippen molar-refractivity contribution in [1.29, 1.82) is 0 Å². The van der Waals surface area contributed by atoms with Crippen LogP contribution in [0.1, 0.15) is 22.6 Å². The van der Waals surface area contributed by atoms with Crippen LogP contribution in [0.25, 0.3) is 11.0 Å². The molecule has 0 aliphatic carbocycles. The lowest BCUT2D eigenvalue weighted by atomic mass is 10.1. The molecule has 0 saturated carbocycles. The van der Waals surface area contributed by atoms with Crippen LogP contribution in [-0.2, 0) is 6.61 Å². The average Bonchev–Trinajstić information content (AvgIpc) is 2.88. The number of aromatic nitrogens is 1. The molecule has 0 aliphatic rings. The third kappa shape index (κ3) is 2.42. The van der Waals surface area contributed by atoms with Crippen molar-refractivity contribution >= 4 is 11.0 Å². The summed E-state index contributed by atoms with van der Waals surface area (Å²) in [6, 6.07) is 5.46. The van der Waals surface area contributed by atoms with Gasteiger partial charge in [-0.15, -0.1) is 0 Å². The van der Waals surface area contributed by atoms with Gasteiger partial charge in [0.1, 0.15) is 17.9 Å². The minimum absolute atomic E-state index is 0.284. The number of fused-ring (bicyclic) bond motifs is 1. The molecular weight excluding hydrogens is 270 g/mol. The van der Waals surface area contributed by atoms with E-state index >= 15 is 0 Å². The van der Waals surface area contributed by atoms with E-state index in [-0.39, 0.29) is 12.2 Å². The molecule has 0 amide bonds. The lowest BCUT2D eigenvalue weighted by Gasteiger charge is -2.07. The second kappa shape index (κ2) is 5.09. The number of benzene rings is 1. The Balaban J connectivity index is 1.93. The van der Waals surface area contributed by atoms with Gasteiger partial charge in [0.05, 0.1) is 5.69 Å². The van der Waals surface area contributed by atoms with E-state index in [1.54, 1.807) is 13.0 Å². The third-order valence-electron chi connectivity index (χ3n) is 3.64. The molecule has 0 fully saturated rings. The quantitative estimate of drug-likeness (QED) is 0.691. The highest BCUT2D eigenvalue weighted by atomic mass is 16.5. The van der Waals surface area contributed by atoms with E-state index in [4.69, 9.17) is 13.6 Å². The highest BCUT2D eigenvalue weighted by molar-refractivity contribution is 5.82. The number of nitrogens with zero attached hydrogens (tertiary/aromatic N) is 1. The fraction of sp³-hybridized carbons (Fsp3) is 0.250. The summed E-state index contributed by atoms with van der Waals surface area (Å²) in [7, 11) is 0. The molecule has 0 saturated heterocycles. The van der Waals surface area contributed by atoms with Gasteiger partial charge in [0, 0.05) is 17.0 Å². The summed E-state index contributed by atoms with van der Waals surface area (Å²) in [6.07, 6.45) is 1.39. The van der Waals surface area contributed by atoms with E-state index < -0.39 is 0 Å². The van der Waals surface area contributed by atoms with Gasteiger partial charge >= 0.3 is 5.63 Å². The van der Waals surface area contributed by atoms with Gasteiger partial charge in [0.2, 0.25) is 0 Å². The first-order valence-corrected chi connectivity index (χ1v) is 6.62. The van der Waals surface area contributed by atoms with Crippen LogP contribution in [0, 0.1) is 20.8 Å².